The summed E-state index contributed by atoms with van der Waals surface area (Å²) in [5.74, 6) is -0.0302. The summed E-state index contributed by atoms with van der Waals surface area (Å²) in [6.45, 7) is 2.06. The number of hydrogen-bond donors (Lipinski definition) is 0. The number of carbonyl (C=O) groups is 1. The fourth-order valence-corrected chi connectivity index (χ4v) is 3.86. The molecule has 108 valence electrons. The normalized spacial score (nSPS) is 22.2. The first-order chi connectivity index (χ1) is 9.72. The zero-order valence-electron chi connectivity index (χ0n) is 11.9. The molecule has 1 aromatic carbocycles. The van der Waals surface area contributed by atoms with Crippen molar-refractivity contribution < 1.29 is 9.18 Å². The molecule has 1 aliphatic heterocycles. The molecule has 3 rings (SSSR count). The summed E-state index contributed by atoms with van der Waals surface area (Å²) in [5, 5.41) is 0. The Bertz CT molecular complexity index is 488. The maximum atomic E-state index is 13.8. The molecule has 0 aromatic heterocycles. The van der Waals surface area contributed by atoms with Crippen molar-refractivity contribution in [1.82, 2.24) is 4.90 Å². The molecule has 1 saturated carbocycles. The molecule has 0 amide bonds. The highest BCUT2D eigenvalue weighted by molar-refractivity contribution is 5.90. The van der Waals surface area contributed by atoms with Crippen LogP contribution in [0.4, 0.5) is 4.39 Å². The summed E-state index contributed by atoms with van der Waals surface area (Å²) in [5.41, 5.74) is 0.252. The highest BCUT2D eigenvalue weighted by Crippen LogP contribution is 2.39. The van der Waals surface area contributed by atoms with Crippen LogP contribution in [0.1, 0.15) is 44.1 Å². The Balaban J connectivity index is 1.81. The van der Waals surface area contributed by atoms with Gasteiger partial charge < -0.3 is 0 Å². The molecule has 2 nitrogen and oxygen atoms in total. The number of halogens is 1. The summed E-state index contributed by atoms with van der Waals surface area (Å²) in [6.07, 6.45) is 6.78. The van der Waals surface area contributed by atoms with Crippen LogP contribution in [0.2, 0.25) is 0 Å². The smallest absolute Gasteiger partial charge is 0.157 e. The second-order valence-electron chi connectivity index (χ2n) is 6.12. The second kappa shape index (κ2) is 5.65. The van der Waals surface area contributed by atoms with Crippen LogP contribution in [-0.4, -0.2) is 29.3 Å². The average Bonchev–Trinajstić information content (AvgIpc) is 3.12. The third-order valence-electron chi connectivity index (χ3n) is 4.97. The Hall–Kier alpha value is -1.22. The van der Waals surface area contributed by atoms with Gasteiger partial charge in [-0.2, -0.15) is 0 Å². The number of likely N-dealkylation sites (tertiary alicyclic amines) is 1. The molecule has 0 atom stereocenters. The molecule has 0 bridgehead atoms. The monoisotopic (exact) mass is 275 g/mol. The fourth-order valence-electron chi connectivity index (χ4n) is 3.86. The van der Waals surface area contributed by atoms with E-state index in [9.17, 15) is 9.18 Å². The molecule has 0 N–H and O–H groups in total. The molecule has 2 aliphatic rings. The lowest BCUT2D eigenvalue weighted by Gasteiger charge is -2.37. The molecule has 1 saturated heterocycles. The Kier molecular flexibility index (Phi) is 3.88. The summed E-state index contributed by atoms with van der Waals surface area (Å²) in [4.78, 5) is 15.2. The first-order valence-electron chi connectivity index (χ1n) is 7.74. The average molecular weight is 275 g/mol. The Morgan fingerprint density at radius 2 is 1.75 bits per heavy atom. The molecule has 0 spiro atoms. The molecule has 20 heavy (non-hydrogen) atoms. The van der Waals surface area contributed by atoms with E-state index in [0.717, 1.165) is 38.8 Å². The Morgan fingerprint density at radius 3 is 2.40 bits per heavy atom. The first-order valence-corrected chi connectivity index (χ1v) is 7.74. The molecule has 0 radical (unpaired) electrons. The van der Waals surface area contributed by atoms with Crippen molar-refractivity contribution in [2.45, 2.75) is 50.5 Å². The van der Waals surface area contributed by atoms with Gasteiger partial charge in [0, 0.05) is 6.42 Å². The van der Waals surface area contributed by atoms with Gasteiger partial charge in [-0.3, -0.25) is 9.69 Å². The van der Waals surface area contributed by atoms with E-state index >= 15 is 0 Å². The maximum Gasteiger partial charge on any atom is 0.157 e. The van der Waals surface area contributed by atoms with Crippen LogP contribution in [0.25, 0.3) is 0 Å². The number of Topliss-reactive ketones (excluding diaryl/α,β-unsaturated/α-hetero) is 1. The van der Waals surface area contributed by atoms with Crippen LogP contribution in [0.15, 0.2) is 24.3 Å². The lowest BCUT2D eigenvalue weighted by atomic mass is 9.86. The summed E-state index contributed by atoms with van der Waals surface area (Å²) in [7, 11) is 0. The van der Waals surface area contributed by atoms with Crippen LogP contribution >= 0.6 is 0 Å². The van der Waals surface area contributed by atoms with Crippen molar-refractivity contribution in [2.75, 3.05) is 13.1 Å². The van der Waals surface area contributed by atoms with Crippen LogP contribution < -0.4 is 0 Å². The van der Waals surface area contributed by atoms with Crippen molar-refractivity contribution in [2.24, 2.45) is 0 Å². The zero-order valence-corrected chi connectivity index (χ0v) is 11.9. The maximum absolute atomic E-state index is 13.8. The third-order valence-corrected chi connectivity index (χ3v) is 4.97. The minimum atomic E-state index is -0.293. The van der Waals surface area contributed by atoms with E-state index in [1.54, 1.807) is 12.1 Å². The van der Waals surface area contributed by atoms with E-state index in [0.29, 0.717) is 5.56 Å². The molecule has 1 aliphatic carbocycles. The first kappa shape index (κ1) is 13.7. The van der Waals surface area contributed by atoms with E-state index in [4.69, 9.17) is 0 Å². The predicted octanol–water partition coefficient (Wildman–Crippen LogP) is 3.35. The SMILES string of the molecule is O=C(Cc1ccccc1F)C1(N2CCCC2)CCCC1. The van der Waals surface area contributed by atoms with Gasteiger partial charge in [0.25, 0.3) is 0 Å². The molecular weight excluding hydrogens is 253 g/mol. The molecule has 0 unspecified atom stereocenters. The molecule has 2 fully saturated rings. The fraction of sp³-hybridized carbons (Fsp3) is 0.588. The number of rotatable bonds is 4. The number of nitrogens with zero attached hydrogens (tertiary/aromatic N) is 1. The van der Waals surface area contributed by atoms with E-state index < -0.39 is 0 Å². The lowest BCUT2D eigenvalue weighted by molar-refractivity contribution is -0.129. The molecule has 1 aromatic rings. The van der Waals surface area contributed by atoms with Gasteiger partial charge in [-0.1, -0.05) is 31.0 Å². The third kappa shape index (κ3) is 2.39. The number of hydrogen-bond acceptors (Lipinski definition) is 2. The number of carbonyl (C=O) groups excluding carboxylic acids is 1. The van der Waals surface area contributed by atoms with E-state index in [2.05, 4.69) is 4.90 Å². The van der Waals surface area contributed by atoms with Gasteiger partial charge in [0.15, 0.2) is 5.78 Å². The quantitative estimate of drug-likeness (QED) is 0.840. The zero-order chi connectivity index (χ0) is 14.0. The minimum absolute atomic E-state index is 0.224. The van der Waals surface area contributed by atoms with Crippen molar-refractivity contribution in [3.05, 3.63) is 35.6 Å². The Morgan fingerprint density at radius 1 is 1.10 bits per heavy atom. The lowest BCUT2D eigenvalue weighted by Crippen LogP contribution is -2.52. The van der Waals surface area contributed by atoms with Crippen molar-refractivity contribution in [1.29, 1.82) is 0 Å². The largest absolute Gasteiger partial charge is 0.297 e. The topological polar surface area (TPSA) is 20.3 Å². The number of ketones is 1. The van der Waals surface area contributed by atoms with Gasteiger partial charge in [-0.15, -0.1) is 0 Å². The summed E-state index contributed by atoms with van der Waals surface area (Å²) < 4.78 is 13.8. The van der Waals surface area contributed by atoms with Gasteiger partial charge in [0.05, 0.1) is 5.54 Å². The van der Waals surface area contributed by atoms with Gasteiger partial charge in [0.2, 0.25) is 0 Å². The Labute approximate surface area is 120 Å². The van der Waals surface area contributed by atoms with Crippen LogP contribution in [0.3, 0.4) is 0 Å². The predicted molar refractivity (Wildman–Crippen MR) is 77.1 cm³/mol. The summed E-state index contributed by atoms with van der Waals surface area (Å²) >= 11 is 0. The number of benzene rings is 1. The van der Waals surface area contributed by atoms with Crippen LogP contribution in [-0.2, 0) is 11.2 Å². The van der Waals surface area contributed by atoms with Gasteiger partial charge >= 0.3 is 0 Å². The molecule has 3 heteroatoms. The molecular formula is C17H22FNO. The van der Waals surface area contributed by atoms with Crippen LogP contribution in [0.5, 0.6) is 0 Å². The van der Waals surface area contributed by atoms with E-state index in [1.165, 1.54) is 18.9 Å². The van der Waals surface area contributed by atoms with Gasteiger partial charge in [-0.25, -0.2) is 4.39 Å². The highest BCUT2D eigenvalue weighted by Gasteiger charge is 2.46. The van der Waals surface area contributed by atoms with Crippen molar-refractivity contribution >= 4 is 5.78 Å². The van der Waals surface area contributed by atoms with Gasteiger partial charge in [0.1, 0.15) is 5.82 Å². The highest BCUT2D eigenvalue weighted by atomic mass is 19.1. The van der Waals surface area contributed by atoms with E-state index in [-0.39, 0.29) is 23.6 Å². The second-order valence-corrected chi connectivity index (χ2v) is 6.12. The standard InChI is InChI=1S/C17H22FNO/c18-15-8-2-1-7-14(15)13-16(20)17(9-3-4-10-17)19-11-5-6-12-19/h1-2,7-8H,3-6,9-13H2. The van der Waals surface area contributed by atoms with Gasteiger partial charge in [-0.05, 0) is 50.4 Å². The van der Waals surface area contributed by atoms with Crippen molar-refractivity contribution in [3.63, 3.8) is 0 Å². The minimum Gasteiger partial charge on any atom is -0.297 e. The van der Waals surface area contributed by atoms with E-state index in [1.807, 2.05) is 6.07 Å². The molecule has 1 heterocycles. The van der Waals surface area contributed by atoms with Crippen LogP contribution in [0, 0.1) is 5.82 Å². The van der Waals surface area contributed by atoms with Crippen molar-refractivity contribution in [3.8, 4) is 0 Å². The summed E-state index contributed by atoms with van der Waals surface area (Å²) in [6, 6.07) is 6.66.